The molecule has 1 atom stereocenters. The molecule has 0 bridgehead atoms. The van der Waals surface area contributed by atoms with E-state index in [0.717, 1.165) is 17.0 Å². The highest BCUT2D eigenvalue weighted by atomic mass is 16.5. The van der Waals surface area contributed by atoms with Gasteiger partial charge in [-0.25, -0.2) is 4.98 Å². The molecule has 1 amide bonds. The molecule has 0 saturated carbocycles. The van der Waals surface area contributed by atoms with Crippen LogP contribution in [0.5, 0.6) is 5.75 Å². The van der Waals surface area contributed by atoms with E-state index in [0.29, 0.717) is 43.3 Å². The molecule has 4 aromatic rings. The fraction of sp³-hybridized carbons (Fsp3) is 0.273. The largest absolute Gasteiger partial charge is 0.497 e. The van der Waals surface area contributed by atoms with Crippen LogP contribution in [-0.2, 0) is 11.3 Å². The number of carbonyl (C=O) groups is 1. The lowest BCUT2D eigenvalue weighted by molar-refractivity contribution is -0.134. The van der Waals surface area contributed by atoms with Crippen molar-refractivity contribution in [3.05, 3.63) is 66.3 Å². The maximum absolute atomic E-state index is 12.5. The summed E-state index contributed by atoms with van der Waals surface area (Å²) in [5, 5.41) is 4.13. The van der Waals surface area contributed by atoms with Crippen molar-refractivity contribution >= 4 is 11.6 Å². The zero-order valence-corrected chi connectivity index (χ0v) is 16.6. The van der Waals surface area contributed by atoms with Gasteiger partial charge in [0, 0.05) is 31.9 Å². The lowest BCUT2D eigenvalue weighted by Gasteiger charge is -2.31. The number of likely N-dealkylation sites (tertiary alicyclic amines) is 1. The number of hydrogen-bond acceptors (Lipinski definition) is 6. The number of nitrogens with zero attached hydrogens (tertiary/aromatic N) is 5. The number of pyridine rings is 1. The average molecular weight is 403 g/mol. The predicted octanol–water partition coefficient (Wildman–Crippen LogP) is 3.30. The van der Waals surface area contributed by atoms with Crippen LogP contribution in [0.2, 0.25) is 0 Å². The second-order valence-corrected chi connectivity index (χ2v) is 7.41. The number of hydrogen-bond donors (Lipinski definition) is 0. The minimum Gasteiger partial charge on any atom is -0.497 e. The van der Waals surface area contributed by atoms with Crippen LogP contribution >= 0.6 is 0 Å². The smallest absolute Gasteiger partial charge is 0.231 e. The minimum atomic E-state index is 0.00610. The average Bonchev–Trinajstić information content (AvgIpc) is 3.42. The summed E-state index contributed by atoms with van der Waals surface area (Å²) in [7, 11) is 1.64. The number of rotatable bonds is 5. The van der Waals surface area contributed by atoms with Gasteiger partial charge >= 0.3 is 0 Å². The molecule has 1 saturated heterocycles. The van der Waals surface area contributed by atoms with Crippen molar-refractivity contribution < 1.29 is 14.1 Å². The molecule has 0 N–H and O–H groups in total. The molecule has 152 valence electrons. The molecule has 0 radical (unpaired) electrons. The van der Waals surface area contributed by atoms with E-state index in [4.69, 9.17) is 9.26 Å². The third-order valence-electron chi connectivity index (χ3n) is 5.39. The van der Waals surface area contributed by atoms with Crippen molar-refractivity contribution in [2.24, 2.45) is 0 Å². The van der Waals surface area contributed by atoms with E-state index in [1.54, 1.807) is 7.11 Å². The second-order valence-electron chi connectivity index (χ2n) is 7.41. The van der Waals surface area contributed by atoms with E-state index in [1.807, 2.05) is 64.2 Å². The van der Waals surface area contributed by atoms with Crippen LogP contribution in [0.1, 0.15) is 30.2 Å². The maximum atomic E-state index is 12.5. The molecular weight excluding hydrogens is 382 g/mol. The monoisotopic (exact) mass is 403 g/mol. The lowest BCUT2D eigenvalue weighted by atomic mass is 9.97. The Balaban J connectivity index is 1.34. The number of amides is 1. The number of piperidine rings is 1. The summed E-state index contributed by atoms with van der Waals surface area (Å²) in [6.07, 6.45) is 4.96. The first kappa shape index (κ1) is 18.4. The van der Waals surface area contributed by atoms with E-state index in [2.05, 4.69) is 15.1 Å². The van der Waals surface area contributed by atoms with Crippen LogP contribution in [0.25, 0.3) is 17.2 Å². The van der Waals surface area contributed by atoms with E-state index < -0.39 is 0 Å². The SMILES string of the molecule is COc1cccc(CN2C[C@H](c3nc(-c4cn5ccccc5n4)no3)CCC2=O)c1. The first-order valence-corrected chi connectivity index (χ1v) is 9.88. The van der Waals surface area contributed by atoms with Crippen LogP contribution in [0, 0.1) is 0 Å². The van der Waals surface area contributed by atoms with Gasteiger partial charge < -0.3 is 18.6 Å². The fourth-order valence-electron chi connectivity index (χ4n) is 3.81. The summed E-state index contributed by atoms with van der Waals surface area (Å²) in [5.41, 5.74) is 2.52. The van der Waals surface area contributed by atoms with Gasteiger partial charge in [-0.2, -0.15) is 4.98 Å². The molecule has 1 fully saturated rings. The molecule has 8 heteroatoms. The predicted molar refractivity (Wildman–Crippen MR) is 109 cm³/mol. The van der Waals surface area contributed by atoms with Gasteiger partial charge in [0.05, 0.1) is 13.0 Å². The number of carbonyl (C=O) groups excluding carboxylic acids is 1. The molecule has 0 unspecified atom stereocenters. The van der Waals surface area contributed by atoms with Gasteiger partial charge in [-0.15, -0.1) is 0 Å². The van der Waals surface area contributed by atoms with Gasteiger partial charge in [-0.3, -0.25) is 4.79 Å². The summed E-state index contributed by atoms with van der Waals surface area (Å²) in [6, 6.07) is 13.6. The summed E-state index contributed by atoms with van der Waals surface area (Å²) >= 11 is 0. The molecule has 0 aliphatic carbocycles. The molecular formula is C22H21N5O3. The quantitative estimate of drug-likeness (QED) is 0.508. The number of imidazole rings is 1. The van der Waals surface area contributed by atoms with Crippen LogP contribution in [0.4, 0.5) is 0 Å². The lowest BCUT2D eigenvalue weighted by Crippen LogP contribution is -2.38. The zero-order valence-electron chi connectivity index (χ0n) is 16.6. The Labute approximate surface area is 173 Å². The second kappa shape index (κ2) is 7.62. The molecule has 30 heavy (non-hydrogen) atoms. The highest BCUT2D eigenvalue weighted by Gasteiger charge is 2.30. The Morgan fingerprint density at radius 3 is 3.00 bits per heavy atom. The minimum absolute atomic E-state index is 0.00610. The Hall–Kier alpha value is -3.68. The molecule has 4 heterocycles. The third kappa shape index (κ3) is 3.52. The number of ether oxygens (including phenoxy) is 1. The molecule has 1 aliphatic heterocycles. The fourth-order valence-corrected chi connectivity index (χ4v) is 3.81. The Morgan fingerprint density at radius 1 is 1.20 bits per heavy atom. The van der Waals surface area contributed by atoms with Gasteiger partial charge in [-0.05, 0) is 36.2 Å². The van der Waals surface area contributed by atoms with Gasteiger partial charge in [0.25, 0.3) is 0 Å². The molecule has 1 aliphatic rings. The molecule has 3 aromatic heterocycles. The van der Waals surface area contributed by atoms with Crippen LogP contribution < -0.4 is 4.74 Å². The summed E-state index contributed by atoms with van der Waals surface area (Å²) in [6.45, 7) is 1.07. The van der Waals surface area contributed by atoms with Gasteiger partial charge in [0.2, 0.25) is 17.6 Å². The standard InChI is InChI=1S/C22H21N5O3/c1-29-17-6-4-5-15(11-17)12-27-13-16(8-9-20(27)28)22-24-21(25-30-22)18-14-26-10-3-2-7-19(26)23-18/h2-7,10-11,14,16H,8-9,12-13H2,1H3/t16-/m1/s1. The molecule has 0 spiro atoms. The van der Waals surface area contributed by atoms with Crippen molar-refractivity contribution in [1.29, 1.82) is 0 Å². The zero-order chi connectivity index (χ0) is 20.5. The topological polar surface area (TPSA) is 85.8 Å². The molecule has 8 nitrogen and oxygen atoms in total. The van der Waals surface area contributed by atoms with Crippen LogP contribution in [0.15, 0.2) is 59.4 Å². The van der Waals surface area contributed by atoms with Crippen molar-refractivity contribution in [2.45, 2.75) is 25.3 Å². The van der Waals surface area contributed by atoms with E-state index in [1.165, 1.54) is 0 Å². The van der Waals surface area contributed by atoms with Gasteiger partial charge in [0.15, 0.2) is 0 Å². The molecule has 1 aromatic carbocycles. The van der Waals surface area contributed by atoms with Crippen molar-refractivity contribution in [3.63, 3.8) is 0 Å². The van der Waals surface area contributed by atoms with Gasteiger partial charge in [-0.1, -0.05) is 23.4 Å². The molecule has 5 rings (SSSR count). The van der Waals surface area contributed by atoms with Crippen molar-refractivity contribution in [2.75, 3.05) is 13.7 Å². The van der Waals surface area contributed by atoms with Gasteiger partial charge in [0.1, 0.15) is 17.1 Å². The first-order chi connectivity index (χ1) is 14.7. The van der Waals surface area contributed by atoms with Crippen LogP contribution in [-0.4, -0.2) is 44.0 Å². The Kier molecular flexibility index (Phi) is 4.66. The summed E-state index contributed by atoms with van der Waals surface area (Å²) in [4.78, 5) is 23.4. The third-order valence-corrected chi connectivity index (χ3v) is 5.39. The number of fused-ring (bicyclic) bond motifs is 1. The van der Waals surface area contributed by atoms with E-state index in [-0.39, 0.29) is 11.8 Å². The number of benzene rings is 1. The summed E-state index contributed by atoms with van der Waals surface area (Å²) in [5.74, 6) is 1.93. The maximum Gasteiger partial charge on any atom is 0.231 e. The number of methoxy groups -OCH3 is 1. The Bertz CT molecular complexity index is 1170. The Morgan fingerprint density at radius 2 is 2.13 bits per heavy atom. The van der Waals surface area contributed by atoms with Crippen molar-refractivity contribution in [1.82, 2.24) is 24.4 Å². The van der Waals surface area contributed by atoms with E-state index >= 15 is 0 Å². The number of aromatic nitrogens is 4. The first-order valence-electron chi connectivity index (χ1n) is 9.88. The van der Waals surface area contributed by atoms with Crippen LogP contribution in [0.3, 0.4) is 0 Å². The highest BCUT2D eigenvalue weighted by molar-refractivity contribution is 5.77. The van der Waals surface area contributed by atoms with Crippen molar-refractivity contribution in [3.8, 4) is 17.3 Å². The highest BCUT2D eigenvalue weighted by Crippen LogP contribution is 2.29. The normalized spacial score (nSPS) is 16.9. The summed E-state index contributed by atoms with van der Waals surface area (Å²) < 4.78 is 12.8. The van der Waals surface area contributed by atoms with E-state index in [9.17, 15) is 4.79 Å².